The third-order valence-electron chi connectivity index (χ3n) is 2.38. The van der Waals surface area contributed by atoms with E-state index in [0.717, 1.165) is 12.8 Å². The fraction of sp³-hybridized carbons (Fsp3) is 0.462. The number of nitrogens with one attached hydrogen (secondary N) is 1. The predicted octanol–water partition coefficient (Wildman–Crippen LogP) is 2.23. The van der Waals surface area contributed by atoms with Gasteiger partial charge in [-0.2, -0.15) is 0 Å². The van der Waals surface area contributed by atoms with Gasteiger partial charge in [-0.3, -0.25) is 4.79 Å². The van der Waals surface area contributed by atoms with Crippen LogP contribution in [0.3, 0.4) is 0 Å². The van der Waals surface area contributed by atoms with Gasteiger partial charge in [-0.05, 0) is 18.6 Å². The second kappa shape index (κ2) is 7.01. The van der Waals surface area contributed by atoms with E-state index in [-0.39, 0.29) is 11.9 Å². The number of amides is 1. The predicted molar refractivity (Wildman–Crippen MR) is 64.5 cm³/mol. The van der Waals surface area contributed by atoms with Gasteiger partial charge in [-0.15, -0.1) is 0 Å². The number of ether oxygens (including phenoxy) is 1. The second-order valence-electron chi connectivity index (χ2n) is 3.78. The fourth-order valence-corrected chi connectivity index (χ4v) is 1.61. The molecule has 0 heterocycles. The normalized spacial score (nSPS) is 12.1. The molecule has 1 amide bonds. The minimum absolute atomic E-state index is 0.0314. The molecular formula is C13H19NO2. The van der Waals surface area contributed by atoms with Crippen LogP contribution >= 0.6 is 0 Å². The highest BCUT2D eigenvalue weighted by Gasteiger charge is 2.12. The Morgan fingerprint density at radius 2 is 2.06 bits per heavy atom. The molecule has 0 radical (unpaired) electrons. The van der Waals surface area contributed by atoms with Gasteiger partial charge in [0, 0.05) is 12.7 Å². The molecule has 1 N–H and O–H groups in total. The molecule has 0 bridgehead atoms. The quantitative estimate of drug-likeness (QED) is 0.800. The second-order valence-corrected chi connectivity index (χ2v) is 3.78. The summed E-state index contributed by atoms with van der Waals surface area (Å²) >= 11 is 0. The molecule has 88 valence electrons. The highest BCUT2D eigenvalue weighted by Crippen LogP contribution is 2.02. The lowest BCUT2D eigenvalue weighted by molar-refractivity contribution is 0.0891. The van der Waals surface area contributed by atoms with Crippen molar-refractivity contribution in [3.8, 4) is 0 Å². The average Bonchev–Trinajstić information content (AvgIpc) is 2.31. The number of carbonyl (C=O) groups is 1. The Kier molecular flexibility index (Phi) is 5.57. The van der Waals surface area contributed by atoms with E-state index < -0.39 is 0 Å². The van der Waals surface area contributed by atoms with Crippen LogP contribution in [0.15, 0.2) is 30.3 Å². The lowest BCUT2D eigenvalue weighted by Gasteiger charge is -2.17. The fourth-order valence-electron chi connectivity index (χ4n) is 1.61. The van der Waals surface area contributed by atoms with Gasteiger partial charge in [0.2, 0.25) is 0 Å². The van der Waals surface area contributed by atoms with Crippen LogP contribution in [0.25, 0.3) is 0 Å². The molecule has 1 rings (SSSR count). The van der Waals surface area contributed by atoms with Crippen LogP contribution in [-0.2, 0) is 4.74 Å². The van der Waals surface area contributed by atoms with E-state index in [9.17, 15) is 4.79 Å². The maximum absolute atomic E-state index is 11.8. The van der Waals surface area contributed by atoms with E-state index in [2.05, 4.69) is 12.2 Å². The van der Waals surface area contributed by atoms with Crippen molar-refractivity contribution in [1.82, 2.24) is 5.32 Å². The van der Waals surface area contributed by atoms with Crippen molar-refractivity contribution in [2.24, 2.45) is 0 Å². The van der Waals surface area contributed by atoms with Gasteiger partial charge in [-0.25, -0.2) is 0 Å². The molecule has 0 fully saturated rings. The summed E-state index contributed by atoms with van der Waals surface area (Å²) in [5.41, 5.74) is 0.694. The SMILES string of the molecule is CCCC(COC)NC(=O)c1ccccc1. The third kappa shape index (κ3) is 4.03. The molecule has 1 aromatic rings. The number of hydrogen-bond donors (Lipinski definition) is 1. The zero-order valence-corrected chi connectivity index (χ0v) is 9.90. The first kappa shape index (κ1) is 12.7. The van der Waals surface area contributed by atoms with Crippen LogP contribution in [0.5, 0.6) is 0 Å². The number of benzene rings is 1. The van der Waals surface area contributed by atoms with E-state index >= 15 is 0 Å². The van der Waals surface area contributed by atoms with Crippen LogP contribution in [0.2, 0.25) is 0 Å². The summed E-state index contributed by atoms with van der Waals surface area (Å²) in [4.78, 5) is 11.8. The maximum Gasteiger partial charge on any atom is 0.251 e. The van der Waals surface area contributed by atoms with Gasteiger partial charge < -0.3 is 10.1 Å². The highest BCUT2D eigenvalue weighted by atomic mass is 16.5. The summed E-state index contributed by atoms with van der Waals surface area (Å²) in [6.07, 6.45) is 1.97. The molecule has 3 nitrogen and oxygen atoms in total. The molecule has 3 heteroatoms. The zero-order valence-electron chi connectivity index (χ0n) is 9.90. The van der Waals surface area contributed by atoms with Gasteiger partial charge in [-0.1, -0.05) is 31.5 Å². The standard InChI is InChI=1S/C13H19NO2/c1-3-7-12(10-16-2)14-13(15)11-8-5-4-6-9-11/h4-6,8-9,12H,3,7,10H2,1-2H3,(H,14,15). The number of hydrogen-bond acceptors (Lipinski definition) is 2. The molecule has 16 heavy (non-hydrogen) atoms. The molecule has 0 aliphatic heterocycles. The molecule has 1 atom stereocenters. The van der Waals surface area contributed by atoms with E-state index in [1.807, 2.05) is 30.3 Å². The van der Waals surface area contributed by atoms with Gasteiger partial charge in [0.25, 0.3) is 5.91 Å². The topological polar surface area (TPSA) is 38.3 Å². The van der Waals surface area contributed by atoms with Crippen molar-refractivity contribution in [1.29, 1.82) is 0 Å². The lowest BCUT2D eigenvalue weighted by Crippen LogP contribution is -2.37. The Balaban J connectivity index is 2.54. The van der Waals surface area contributed by atoms with E-state index in [1.54, 1.807) is 7.11 Å². The summed E-state index contributed by atoms with van der Waals surface area (Å²) < 4.78 is 5.08. The summed E-state index contributed by atoms with van der Waals surface area (Å²) in [5, 5.41) is 2.97. The molecule has 1 unspecified atom stereocenters. The van der Waals surface area contributed by atoms with Crippen molar-refractivity contribution < 1.29 is 9.53 Å². The Morgan fingerprint density at radius 3 is 2.62 bits per heavy atom. The molecule has 0 spiro atoms. The van der Waals surface area contributed by atoms with Crippen LogP contribution < -0.4 is 5.32 Å². The summed E-state index contributed by atoms with van der Waals surface area (Å²) in [7, 11) is 1.65. The van der Waals surface area contributed by atoms with Gasteiger partial charge in [0.05, 0.1) is 12.6 Å². The molecule has 0 aliphatic rings. The zero-order chi connectivity index (χ0) is 11.8. The average molecular weight is 221 g/mol. The van der Waals surface area contributed by atoms with Gasteiger partial charge in [0.1, 0.15) is 0 Å². The summed E-state index contributed by atoms with van der Waals surface area (Å²) in [6.45, 7) is 2.66. The number of carbonyl (C=O) groups excluding carboxylic acids is 1. The summed E-state index contributed by atoms with van der Waals surface area (Å²) in [6, 6.07) is 9.34. The smallest absolute Gasteiger partial charge is 0.251 e. The number of methoxy groups -OCH3 is 1. The van der Waals surface area contributed by atoms with Crippen LogP contribution in [0, 0.1) is 0 Å². The van der Waals surface area contributed by atoms with Crippen LogP contribution in [-0.4, -0.2) is 25.7 Å². The van der Waals surface area contributed by atoms with Crippen molar-refractivity contribution in [2.45, 2.75) is 25.8 Å². The first-order valence-electron chi connectivity index (χ1n) is 5.62. The minimum Gasteiger partial charge on any atom is -0.383 e. The van der Waals surface area contributed by atoms with E-state index in [4.69, 9.17) is 4.74 Å². The van der Waals surface area contributed by atoms with Crippen molar-refractivity contribution in [2.75, 3.05) is 13.7 Å². The molecule has 0 aliphatic carbocycles. The number of rotatable bonds is 6. The molecule has 1 aromatic carbocycles. The largest absolute Gasteiger partial charge is 0.383 e. The van der Waals surface area contributed by atoms with Crippen LogP contribution in [0.4, 0.5) is 0 Å². The highest BCUT2D eigenvalue weighted by molar-refractivity contribution is 5.94. The third-order valence-corrected chi connectivity index (χ3v) is 2.38. The summed E-state index contributed by atoms with van der Waals surface area (Å²) in [5.74, 6) is -0.0314. The Hall–Kier alpha value is -1.35. The first-order valence-corrected chi connectivity index (χ1v) is 5.62. The van der Waals surface area contributed by atoms with E-state index in [0.29, 0.717) is 12.2 Å². The van der Waals surface area contributed by atoms with Crippen LogP contribution in [0.1, 0.15) is 30.1 Å². The Labute approximate surface area is 96.8 Å². The monoisotopic (exact) mass is 221 g/mol. The molecule has 0 saturated heterocycles. The molecule has 0 aromatic heterocycles. The lowest BCUT2D eigenvalue weighted by atomic mass is 10.1. The van der Waals surface area contributed by atoms with E-state index in [1.165, 1.54) is 0 Å². The first-order chi connectivity index (χ1) is 7.77. The maximum atomic E-state index is 11.8. The Morgan fingerprint density at radius 1 is 1.38 bits per heavy atom. The molecule has 0 saturated carbocycles. The van der Waals surface area contributed by atoms with Gasteiger partial charge >= 0.3 is 0 Å². The van der Waals surface area contributed by atoms with Crippen molar-refractivity contribution in [3.05, 3.63) is 35.9 Å². The van der Waals surface area contributed by atoms with Crippen molar-refractivity contribution in [3.63, 3.8) is 0 Å². The van der Waals surface area contributed by atoms with Crippen molar-refractivity contribution >= 4 is 5.91 Å². The Bertz CT molecular complexity index is 305. The van der Waals surface area contributed by atoms with Gasteiger partial charge in [0.15, 0.2) is 0 Å². The minimum atomic E-state index is -0.0314. The molecular weight excluding hydrogens is 202 g/mol.